The van der Waals surface area contributed by atoms with Crippen LogP contribution in [-0.2, 0) is 0 Å². The Hall–Kier alpha value is -6.27. The summed E-state index contributed by atoms with van der Waals surface area (Å²) in [6, 6.07) is 21.3. The van der Waals surface area contributed by atoms with Gasteiger partial charge < -0.3 is 15.1 Å². The predicted molar refractivity (Wildman–Crippen MR) is 225 cm³/mol. The van der Waals surface area contributed by atoms with E-state index in [1.54, 1.807) is 0 Å². The fraction of sp³-hybridized carbons (Fsp3) is 0.188. The highest BCUT2D eigenvalue weighted by molar-refractivity contribution is 6.04. The third kappa shape index (κ3) is 5.79. The van der Waals surface area contributed by atoms with Crippen molar-refractivity contribution in [2.45, 2.75) is 62.3 Å². The number of hydrogen-bond acceptors (Lipinski definition) is 3. The number of aromatic carboxylic acids is 1. The number of nitrogens with zero attached hydrogens (tertiary/aromatic N) is 2. The number of hydrogen-bond donors (Lipinski definition) is 3. The Morgan fingerprint density at radius 1 is 0.426 bits per heavy atom. The Labute approximate surface area is 316 Å². The molecule has 0 radical (unpaired) electrons. The molecule has 54 heavy (non-hydrogen) atoms. The van der Waals surface area contributed by atoms with E-state index in [4.69, 9.17) is 9.97 Å². The van der Waals surface area contributed by atoms with Gasteiger partial charge in [0.15, 0.2) is 0 Å². The molecule has 0 atom stereocenters. The predicted octanol–water partition coefficient (Wildman–Crippen LogP) is 12.1. The van der Waals surface area contributed by atoms with E-state index in [0.717, 1.165) is 83.6 Å². The minimum atomic E-state index is -1.05. The lowest BCUT2D eigenvalue weighted by Crippen LogP contribution is -2.00. The quantitative estimate of drug-likeness (QED) is 0.170. The van der Waals surface area contributed by atoms with Crippen LogP contribution in [0.3, 0.4) is 0 Å². The summed E-state index contributed by atoms with van der Waals surface area (Å²) in [5.74, 6) is -1.05. The number of rotatable bonds is 4. The molecule has 5 heterocycles. The van der Waals surface area contributed by atoms with Gasteiger partial charge in [0.25, 0.3) is 0 Å². The first-order valence-corrected chi connectivity index (χ1v) is 18.4. The molecule has 6 heteroatoms. The topological polar surface area (TPSA) is 94.7 Å². The number of aryl methyl sites for hydroxylation is 9. The molecule has 3 aromatic carbocycles. The van der Waals surface area contributed by atoms with Gasteiger partial charge in [0, 0.05) is 33.2 Å². The van der Waals surface area contributed by atoms with Crippen molar-refractivity contribution in [1.29, 1.82) is 0 Å². The van der Waals surface area contributed by atoms with Gasteiger partial charge in [-0.1, -0.05) is 53.1 Å². The Balaban J connectivity index is 1.63. The summed E-state index contributed by atoms with van der Waals surface area (Å²) < 4.78 is 0. The first-order chi connectivity index (χ1) is 25.8. The largest absolute Gasteiger partial charge is 0.478 e. The zero-order valence-electron chi connectivity index (χ0n) is 32.3. The van der Waals surface area contributed by atoms with Crippen LogP contribution in [0.5, 0.6) is 0 Å². The monoisotopic (exact) mass is 708 g/mol. The van der Waals surface area contributed by atoms with Gasteiger partial charge in [0.05, 0.1) is 28.3 Å². The third-order valence-corrected chi connectivity index (χ3v) is 10.7. The number of aromatic amines is 2. The van der Waals surface area contributed by atoms with Gasteiger partial charge in [-0.15, -0.1) is 0 Å². The number of carbonyl (C=O) groups is 1. The lowest BCUT2D eigenvalue weighted by Gasteiger charge is -2.14. The fourth-order valence-electron chi connectivity index (χ4n) is 8.94. The van der Waals surface area contributed by atoms with Gasteiger partial charge >= 0.3 is 5.97 Å². The molecule has 0 saturated carbocycles. The number of aromatic nitrogens is 4. The maximum absolute atomic E-state index is 13.1. The molecule has 0 unspecified atom stereocenters. The number of carboxylic acid groups (broad SMARTS) is 1. The summed E-state index contributed by atoms with van der Waals surface area (Å²) >= 11 is 0. The van der Waals surface area contributed by atoms with Gasteiger partial charge in [-0.3, -0.25) is 0 Å². The molecule has 8 bridgehead atoms. The summed E-state index contributed by atoms with van der Waals surface area (Å²) in [5, 5.41) is 10.7. The molecule has 0 aliphatic carbocycles. The molecule has 2 aliphatic heterocycles. The van der Waals surface area contributed by atoms with Crippen molar-refractivity contribution in [2.24, 2.45) is 0 Å². The molecule has 3 aromatic heterocycles. The minimum absolute atomic E-state index is 0.109. The minimum Gasteiger partial charge on any atom is -0.478 e. The number of nitrogens with one attached hydrogen (secondary N) is 2. The number of benzene rings is 3. The second kappa shape index (κ2) is 13.0. The van der Waals surface area contributed by atoms with E-state index in [9.17, 15) is 9.90 Å². The van der Waals surface area contributed by atoms with Gasteiger partial charge in [-0.2, -0.15) is 0 Å². The maximum atomic E-state index is 13.1. The number of H-pyrrole nitrogens is 2. The molecule has 8 rings (SSSR count). The van der Waals surface area contributed by atoms with Crippen LogP contribution in [0.15, 0.2) is 60.7 Å². The van der Waals surface area contributed by atoms with Crippen LogP contribution in [0.1, 0.15) is 83.2 Å². The van der Waals surface area contributed by atoms with Gasteiger partial charge in [0.2, 0.25) is 0 Å². The number of fused-ring (bicyclic) bond motifs is 8. The van der Waals surface area contributed by atoms with Crippen molar-refractivity contribution in [3.8, 4) is 33.4 Å². The molecule has 2 aliphatic rings. The summed E-state index contributed by atoms with van der Waals surface area (Å²) in [6.45, 7) is 19.2. The van der Waals surface area contributed by atoms with Crippen LogP contribution >= 0.6 is 0 Å². The van der Waals surface area contributed by atoms with Crippen LogP contribution < -0.4 is 0 Å². The highest BCUT2D eigenvalue weighted by atomic mass is 16.4. The maximum Gasteiger partial charge on any atom is 0.340 e. The van der Waals surface area contributed by atoms with Gasteiger partial charge in [-0.25, -0.2) is 14.8 Å². The van der Waals surface area contributed by atoms with E-state index in [2.05, 4.69) is 133 Å². The fourth-order valence-corrected chi connectivity index (χ4v) is 8.94. The molecular weight excluding hydrogens is 665 g/mol. The lowest BCUT2D eigenvalue weighted by molar-refractivity contribution is 0.0698. The van der Waals surface area contributed by atoms with Gasteiger partial charge in [0.1, 0.15) is 5.56 Å². The molecule has 268 valence electrons. The molecule has 3 N–H and O–H groups in total. The SMILES string of the molecule is Cc1cc(C)c(-c2c3nc(c(-c4c(C)cc(C)cc4C)c4ccc([nH]4)c(-c4c(C)cc(C)cc4C)c4nc(c(C(=O)O)c5ccc2[nH]5)C=C4)C=C3)c(C)c1. The normalized spacial score (nSPS) is 12.2. The van der Waals surface area contributed by atoms with E-state index in [1.165, 1.54) is 27.8 Å². The van der Waals surface area contributed by atoms with E-state index in [-0.39, 0.29) is 5.56 Å². The zero-order valence-corrected chi connectivity index (χ0v) is 32.3. The van der Waals surface area contributed by atoms with Gasteiger partial charge in [-0.05, 0) is 161 Å². The summed E-state index contributed by atoms with van der Waals surface area (Å²) in [7, 11) is 0. The Morgan fingerprint density at radius 3 is 1.04 bits per heavy atom. The second-order valence-electron chi connectivity index (χ2n) is 15.1. The molecule has 6 nitrogen and oxygen atoms in total. The molecule has 0 amide bonds. The highest BCUT2D eigenvalue weighted by Crippen LogP contribution is 2.41. The van der Waals surface area contributed by atoms with Crippen LogP contribution in [-0.4, -0.2) is 31.0 Å². The standard InChI is InChI=1S/C48H44N4O2/c1-24-18-27(4)41(28(5)19-24)44-33-10-12-35(49-33)45(42-29(6)20-25(2)21-30(42)7)37-14-16-39(51-37)47(48(53)54)40-17-15-38(52-40)46(36-13-11-34(44)50-36)43-31(8)22-26(3)23-32(43)9/h10-23,49,52H,1-9H3,(H,53,54). The van der Waals surface area contributed by atoms with Crippen molar-refractivity contribution in [2.75, 3.05) is 0 Å². The van der Waals surface area contributed by atoms with Crippen molar-refractivity contribution in [3.05, 3.63) is 139 Å². The van der Waals surface area contributed by atoms with Crippen LogP contribution in [0.2, 0.25) is 0 Å². The van der Waals surface area contributed by atoms with E-state index < -0.39 is 5.97 Å². The molecule has 6 aromatic rings. The van der Waals surface area contributed by atoms with Crippen LogP contribution in [0.25, 0.3) is 79.8 Å². The van der Waals surface area contributed by atoms with Crippen molar-refractivity contribution >= 4 is 52.3 Å². The molecule has 0 saturated heterocycles. The summed E-state index contributed by atoms with van der Waals surface area (Å²) in [5.41, 5.74) is 22.5. The Morgan fingerprint density at radius 2 is 0.704 bits per heavy atom. The lowest BCUT2D eigenvalue weighted by atomic mass is 9.92. The smallest absolute Gasteiger partial charge is 0.340 e. The Kier molecular flexibility index (Phi) is 8.37. The Bertz CT molecular complexity index is 2720. The third-order valence-electron chi connectivity index (χ3n) is 10.7. The molecular formula is C48H44N4O2. The summed E-state index contributed by atoms with van der Waals surface area (Å²) in [6.07, 6.45) is 7.96. The van der Waals surface area contributed by atoms with E-state index in [1.807, 2.05) is 24.3 Å². The average molecular weight is 709 g/mol. The molecule has 0 fully saturated rings. The summed E-state index contributed by atoms with van der Waals surface area (Å²) in [4.78, 5) is 31.0. The highest BCUT2D eigenvalue weighted by Gasteiger charge is 2.23. The zero-order chi connectivity index (χ0) is 38.2. The van der Waals surface area contributed by atoms with Crippen molar-refractivity contribution in [3.63, 3.8) is 0 Å². The van der Waals surface area contributed by atoms with Crippen LogP contribution in [0.4, 0.5) is 0 Å². The van der Waals surface area contributed by atoms with Crippen molar-refractivity contribution < 1.29 is 9.90 Å². The van der Waals surface area contributed by atoms with E-state index >= 15 is 0 Å². The van der Waals surface area contributed by atoms with E-state index in [0.29, 0.717) is 16.9 Å². The first-order valence-electron chi connectivity index (χ1n) is 18.4. The van der Waals surface area contributed by atoms with Crippen LogP contribution in [0, 0.1) is 62.3 Å². The number of carboxylic acids is 1. The van der Waals surface area contributed by atoms with Crippen molar-refractivity contribution in [1.82, 2.24) is 19.9 Å². The first kappa shape index (κ1) is 34.8. The molecule has 0 spiro atoms. The average Bonchev–Trinajstić information content (AvgIpc) is 3.91. The second-order valence-corrected chi connectivity index (χ2v) is 15.1.